The molecule has 0 amide bonds. The summed E-state index contributed by atoms with van der Waals surface area (Å²) < 4.78 is 15.2. The lowest BCUT2D eigenvalue weighted by Crippen LogP contribution is -2.42. The van der Waals surface area contributed by atoms with E-state index < -0.39 is 4.92 Å². The van der Waals surface area contributed by atoms with Gasteiger partial charge in [0.1, 0.15) is 19.2 Å². The van der Waals surface area contributed by atoms with Crippen molar-refractivity contribution in [3.8, 4) is 0 Å². The zero-order valence-corrected chi connectivity index (χ0v) is 14.7. The third-order valence-electron chi connectivity index (χ3n) is 4.17. The van der Waals surface area contributed by atoms with Crippen molar-refractivity contribution in [2.45, 2.75) is 6.67 Å². The van der Waals surface area contributed by atoms with Gasteiger partial charge in [0, 0.05) is 17.8 Å². The molecule has 136 valence electrons. The second-order valence-electron chi connectivity index (χ2n) is 5.93. The molecule has 1 aliphatic heterocycles. The molecule has 4 rings (SSSR count). The van der Waals surface area contributed by atoms with E-state index in [0.29, 0.717) is 28.2 Å². The van der Waals surface area contributed by atoms with Gasteiger partial charge < -0.3 is 4.90 Å². The maximum atomic E-state index is 13.1. The number of anilines is 1. The monoisotopic (exact) mass is 384 g/mol. The van der Waals surface area contributed by atoms with Gasteiger partial charge in [0.15, 0.2) is 4.80 Å². The molecule has 1 aromatic heterocycles. The van der Waals surface area contributed by atoms with E-state index in [1.165, 1.54) is 35.6 Å². The normalized spacial score (nSPS) is 14.0. The number of fused-ring (bicyclic) bond motifs is 1. The van der Waals surface area contributed by atoms with Crippen LogP contribution in [0.4, 0.5) is 15.8 Å². The minimum absolute atomic E-state index is 0.000661. The lowest BCUT2D eigenvalue weighted by molar-refractivity contribution is -0.384. The Morgan fingerprint density at radius 1 is 1.15 bits per heavy atom. The Kier molecular flexibility index (Phi) is 4.28. The van der Waals surface area contributed by atoms with Crippen molar-refractivity contribution in [2.24, 2.45) is 4.99 Å². The van der Waals surface area contributed by atoms with Crippen LogP contribution in [0, 0.1) is 15.9 Å². The molecule has 9 heteroatoms. The summed E-state index contributed by atoms with van der Waals surface area (Å²) in [7, 11) is 0. The summed E-state index contributed by atoms with van der Waals surface area (Å²) in [4.78, 5) is 29.9. The van der Waals surface area contributed by atoms with E-state index >= 15 is 0 Å². The number of aromatic nitrogens is 1. The molecule has 2 heterocycles. The first-order chi connectivity index (χ1) is 13.0. The number of nitro groups is 1. The van der Waals surface area contributed by atoms with Gasteiger partial charge in [-0.15, -0.1) is 0 Å². The van der Waals surface area contributed by atoms with Crippen LogP contribution in [0.25, 0.3) is 6.08 Å². The molecule has 0 saturated carbocycles. The second-order valence-corrected chi connectivity index (χ2v) is 6.94. The highest BCUT2D eigenvalue weighted by molar-refractivity contribution is 7.07. The average Bonchev–Trinajstić information content (AvgIpc) is 2.98. The van der Waals surface area contributed by atoms with Gasteiger partial charge >= 0.3 is 0 Å². The van der Waals surface area contributed by atoms with Crippen molar-refractivity contribution in [2.75, 3.05) is 11.6 Å². The van der Waals surface area contributed by atoms with Crippen molar-refractivity contribution in [1.29, 1.82) is 0 Å². The number of thiazole rings is 1. The Bertz CT molecular complexity index is 1180. The summed E-state index contributed by atoms with van der Waals surface area (Å²) in [6.07, 6.45) is 1.69. The van der Waals surface area contributed by atoms with Gasteiger partial charge in [-0.2, -0.15) is 0 Å². The highest BCUT2D eigenvalue weighted by Crippen LogP contribution is 2.16. The van der Waals surface area contributed by atoms with Crippen LogP contribution >= 0.6 is 11.3 Å². The zero-order valence-electron chi connectivity index (χ0n) is 13.9. The fraction of sp³-hybridized carbons (Fsp3) is 0.111. The molecule has 0 saturated heterocycles. The van der Waals surface area contributed by atoms with Crippen molar-refractivity contribution in [3.63, 3.8) is 0 Å². The first-order valence-electron chi connectivity index (χ1n) is 8.02. The second kappa shape index (κ2) is 6.76. The Morgan fingerprint density at radius 2 is 1.85 bits per heavy atom. The van der Waals surface area contributed by atoms with Gasteiger partial charge in [-0.3, -0.25) is 19.5 Å². The van der Waals surface area contributed by atoms with Crippen LogP contribution in [0.2, 0.25) is 0 Å². The van der Waals surface area contributed by atoms with E-state index in [1.54, 1.807) is 34.9 Å². The molecule has 1 aliphatic rings. The fourth-order valence-electron chi connectivity index (χ4n) is 2.77. The Hall–Kier alpha value is -3.33. The molecule has 0 unspecified atom stereocenters. The van der Waals surface area contributed by atoms with Crippen LogP contribution in [-0.2, 0) is 6.67 Å². The quantitative estimate of drug-likeness (QED) is 0.510. The summed E-state index contributed by atoms with van der Waals surface area (Å²) in [5.41, 5.74) is 1.31. The van der Waals surface area contributed by atoms with Gasteiger partial charge in [-0.05, 0) is 48.0 Å². The van der Waals surface area contributed by atoms with E-state index in [9.17, 15) is 19.3 Å². The lowest BCUT2D eigenvalue weighted by atomic mass is 10.2. The summed E-state index contributed by atoms with van der Waals surface area (Å²) in [6.45, 7) is 0.705. The molecule has 0 spiro atoms. The number of benzene rings is 2. The molecule has 0 N–H and O–H groups in total. The summed E-state index contributed by atoms with van der Waals surface area (Å²) >= 11 is 1.27. The van der Waals surface area contributed by atoms with E-state index in [-0.39, 0.29) is 17.1 Å². The van der Waals surface area contributed by atoms with E-state index in [0.717, 1.165) is 5.69 Å². The smallest absolute Gasteiger partial charge is 0.271 e. The third kappa shape index (κ3) is 3.36. The molecule has 0 fully saturated rings. The van der Waals surface area contributed by atoms with Crippen LogP contribution in [0.5, 0.6) is 0 Å². The number of nitro benzene ring substituents is 1. The standard InChI is InChI=1S/C18H13FN4O3S/c19-13-3-7-14(8-4-13)21-10-20-18-22(11-21)17(24)16(27-18)9-12-1-5-15(6-2-12)23(25)26/h1-9H,10-11H2/b16-9-. The SMILES string of the molecule is O=c1/c(=C/c2ccc([N+](=O)[O-])cc2)sc2n1CN(c1ccc(F)cc1)CN=2. The van der Waals surface area contributed by atoms with E-state index in [2.05, 4.69) is 4.99 Å². The zero-order chi connectivity index (χ0) is 19.0. The van der Waals surface area contributed by atoms with Crippen LogP contribution < -0.4 is 19.8 Å². The van der Waals surface area contributed by atoms with Gasteiger partial charge in [0.25, 0.3) is 11.2 Å². The molecule has 27 heavy (non-hydrogen) atoms. The summed E-state index contributed by atoms with van der Waals surface area (Å²) in [6, 6.07) is 12.0. The number of hydrogen-bond donors (Lipinski definition) is 0. The van der Waals surface area contributed by atoms with Gasteiger partial charge in [-0.1, -0.05) is 11.3 Å². The van der Waals surface area contributed by atoms with Gasteiger partial charge in [0.05, 0.1) is 9.46 Å². The molecule has 0 aliphatic carbocycles. The van der Waals surface area contributed by atoms with Gasteiger partial charge in [0.2, 0.25) is 0 Å². The fourth-order valence-corrected chi connectivity index (χ4v) is 3.73. The number of nitrogens with zero attached hydrogens (tertiary/aromatic N) is 4. The molecular formula is C18H13FN4O3S. The van der Waals surface area contributed by atoms with Crippen LogP contribution in [-0.4, -0.2) is 16.2 Å². The minimum Gasteiger partial charge on any atom is -0.334 e. The van der Waals surface area contributed by atoms with Crippen molar-refractivity contribution < 1.29 is 9.31 Å². The van der Waals surface area contributed by atoms with Crippen LogP contribution in [0.15, 0.2) is 58.3 Å². The molecule has 0 bridgehead atoms. The largest absolute Gasteiger partial charge is 0.334 e. The van der Waals surface area contributed by atoms with Gasteiger partial charge in [-0.25, -0.2) is 9.38 Å². The van der Waals surface area contributed by atoms with E-state index in [4.69, 9.17) is 0 Å². The van der Waals surface area contributed by atoms with E-state index in [1.807, 2.05) is 4.90 Å². The lowest BCUT2D eigenvalue weighted by Gasteiger charge is -2.25. The van der Waals surface area contributed by atoms with Crippen LogP contribution in [0.1, 0.15) is 5.56 Å². The Labute approximate surface area is 156 Å². The predicted molar refractivity (Wildman–Crippen MR) is 99.8 cm³/mol. The Balaban J connectivity index is 1.67. The highest BCUT2D eigenvalue weighted by Gasteiger charge is 2.16. The number of rotatable bonds is 3. The summed E-state index contributed by atoms with van der Waals surface area (Å²) in [5, 5.41) is 10.7. The molecule has 0 radical (unpaired) electrons. The number of hydrogen-bond acceptors (Lipinski definition) is 6. The third-order valence-corrected chi connectivity index (χ3v) is 5.21. The Morgan fingerprint density at radius 3 is 2.52 bits per heavy atom. The number of halogens is 1. The predicted octanol–water partition coefficient (Wildman–Crippen LogP) is 1.84. The average molecular weight is 384 g/mol. The molecule has 3 aromatic rings. The first kappa shape index (κ1) is 17.1. The maximum Gasteiger partial charge on any atom is 0.271 e. The minimum atomic E-state index is -0.467. The molecule has 7 nitrogen and oxygen atoms in total. The summed E-state index contributed by atoms with van der Waals surface area (Å²) in [5.74, 6) is -0.318. The molecule has 0 atom stereocenters. The van der Waals surface area contributed by atoms with Crippen molar-refractivity contribution in [1.82, 2.24) is 4.57 Å². The molecule has 2 aromatic carbocycles. The maximum absolute atomic E-state index is 13.1. The number of non-ortho nitro benzene ring substituents is 1. The van der Waals surface area contributed by atoms with Crippen LogP contribution in [0.3, 0.4) is 0 Å². The van der Waals surface area contributed by atoms with Crippen molar-refractivity contribution in [3.05, 3.63) is 89.7 Å². The first-order valence-corrected chi connectivity index (χ1v) is 8.84. The highest BCUT2D eigenvalue weighted by atomic mass is 32.1. The van der Waals surface area contributed by atoms with Crippen molar-refractivity contribution >= 4 is 28.8 Å². The molecular weight excluding hydrogens is 371 g/mol. The topological polar surface area (TPSA) is 80.7 Å².